The second-order valence-electron chi connectivity index (χ2n) is 5.91. The van der Waals surface area contributed by atoms with Crippen LogP contribution in [0.3, 0.4) is 0 Å². The molecule has 0 radical (unpaired) electrons. The van der Waals surface area contributed by atoms with Gasteiger partial charge in [0.05, 0.1) is 0 Å². The molecule has 0 spiro atoms. The molecule has 0 bridgehead atoms. The minimum atomic E-state index is 0.474. The van der Waals surface area contributed by atoms with E-state index in [1.54, 1.807) is 0 Å². The molecule has 4 atom stereocenters. The van der Waals surface area contributed by atoms with Gasteiger partial charge in [-0.1, -0.05) is 40.5 Å². The number of nitrogens with two attached hydrogens (primary N) is 1. The summed E-state index contributed by atoms with van der Waals surface area (Å²) >= 11 is 0. The maximum absolute atomic E-state index is 6.27. The lowest BCUT2D eigenvalue weighted by Gasteiger charge is -2.39. The predicted molar refractivity (Wildman–Crippen MR) is 67.7 cm³/mol. The van der Waals surface area contributed by atoms with Gasteiger partial charge in [0.15, 0.2) is 0 Å². The fraction of sp³-hybridized carbons (Fsp3) is 1.00. The third-order valence-electron chi connectivity index (χ3n) is 4.41. The van der Waals surface area contributed by atoms with E-state index in [1.807, 2.05) is 0 Å². The summed E-state index contributed by atoms with van der Waals surface area (Å²) in [6.45, 7) is 9.41. The molecule has 15 heavy (non-hydrogen) atoms. The SMILES string of the molecule is CCCC(C)C1CC(C(C)C)CCC1N. The molecule has 0 amide bonds. The fourth-order valence-corrected chi connectivity index (χ4v) is 3.19. The average Bonchev–Trinajstić information content (AvgIpc) is 2.18. The summed E-state index contributed by atoms with van der Waals surface area (Å²) in [5, 5.41) is 0. The second-order valence-corrected chi connectivity index (χ2v) is 5.91. The van der Waals surface area contributed by atoms with Crippen molar-refractivity contribution in [2.75, 3.05) is 0 Å². The van der Waals surface area contributed by atoms with Crippen LogP contribution in [0.25, 0.3) is 0 Å². The Balaban J connectivity index is 2.52. The highest BCUT2D eigenvalue weighted by molar-refractivity contribution is 4.86. The molecule has 0 aromatic heterocycles. The summed E-state index contributed by atoms with van der Waals surface area (Å²) in [5.41, 5.74) is 6.27. The van der Waals surface area contributed by atoms with E-state index in [0.29, 0.717) is 6.04 Å². The molecular formula is C14H29N. The van der Waals surface area contributed by atoms with Crippen LogP contribution in [0.4, 0.5) is 0 Å². The third kappa shape index (κ3) is 3.48. The van der Waals surface area contributed by atoms with Gasteiger partial charge < -0.3 is 5.73 Å². The summed E-state index contributed by atoms with van der Waals surface area (Å²) in [7, 11) is 0. The van der Waals surface area contributed by atoms with Crippen molar-refractivity contribution in [3.05, 3.63) is 0 Å². The van der Waals surface area contributed by atoms with Crippen molar-refractivity contribution in [3.8, 4) is 0 Å². The Bertz CT molecular complexity index is 176. The van der Waals surface area contributed by atoms with Gasteiger partial charge in [0.25, 0.3) is 0 Å². The van der Waals surface area contributed by atoms with Crippen LogP contribution >= 0.6 is 0 Å². The smallest absolute Gasteiger partial charge is 0.00699 e. The maximum Gasteiger partial charge on any atom is 0.00699 e. The largest absolute Gasteiger partial charge is 0.327 e. The van der Waals surface area contributed by atoms with Gasteiger partial charge in [-0.15, -0.1) is 0 Å². The van der Waals surface area contributed by atoms with Crippen molar-refractivity contribution < 1.29 is 0 Å². The molecule has 1 aliphatic carbocycles. The van der Waals surface area contributed by atoms with Crippen LogP contribution in [0.1, 0.15) is 59.8 Å². The van der Waals surface area contributed by atoms with Gasteiger partial charge in [-0.3, -0.25) is 0 Å². The van der Waals surface area contributed by atoms with Crippen molar-refractivity contribution in [1.82, 2.24) is 0 Å². The molecule has 1 saturated carbocycles. The van der Waals surface area contributed by atoms with Crippen LogP contribution in [-0.4, -0.2) is 6.04 Å². The van der Waals surface area contributed by atoms with Gasteiger partial charge in [-0.25, -0.2) is 0 Å². The lowest BCUT2D eigenvalue weighted by Crippen LogP contribution is -2.40. The molecular weight excluding hydrogens is 182 g/mol. The molecule has 1 rings (SSSR count). The molecule has 0 saturated heterocycles. The van der Waals surface area contributed by atoms with Gasteiger partial charge in [0.2, 0.25) is 0 Å². The molecule has 0 heterocycles. The van der Waals surface area contributed by atoms with Crippen LogP contribution in [-0.2, 0) is 0 Å². The Morgan fingerprint density at radius 3 is 2.40 bits per heavy atom. The van der Waals surface area contributed by atoms with Gasteiger partial charge in [0.1, 0.15) is 0 Å². The number of hydrogen-bond donors (Lipinski definition) is 1. The average molecular weight is 211 g/mol. The molecule has 0 aromatic carbocycles. The molecule has 1 heteroatoms. The summed E-state index contributed by atoms with van der Waals surface area (Å²) in [6.07, 6.45) is 6.63. The van der Waals surface area contributed by atoms with E-state index >= 15 is 0 Å². The zero-order valence-corrected chi connectivity index (χ0v) is 11.0. The second kappa shape index (κ2) is 5.89. The van der Waals surface area contributed by atoms with Gasteiger partial charge in [0, 0.05) is 6.04 Å². The number of rotatable bonds is 4. The van der Waals surface area contributed by atoms with Crippen LogP contribution < -0.4 is 5.73 Å². The first kappa shape index (κ1) is 13.0. The summed E-state index contributed by atoms with van der Waals surface area (Å²) in [6, 6.07) is 0.474. The molecule has 0 aliphatic heterocycles. The van der Waals surface area contributed by atoms with Crippen molar-refractivity contribution in [1.29, 1.82) is 0 Å². The monoisotopic (exact) mass is 211 g/mol. The van der Waals surface area contributed by atoms with Crippen LogP contribution in [0.5, 0.6) is 0 Å². The first-order chi connectivity index (χ1) is 7.06. The van der Waals surface area contributed by atoms with E-state index in [-0.39, 0.29) is 0 Å². The van der Waals surface area contributed by atoms with Crippen molar-refractivity contribution >= 4 is 0 Å². The van der Waals surface area contributed by atoms with E-state index in [1.165, 1.54) is 32.1 Å². The lowest BCUT2D eigenvalue weighted by atomic mass is 9.69. The highest BCUT2D eigenvalue weighted by Crippen LogP contribution is 2.37. The van der Waals surface area contributed by atoms with E-state index < -0.39 is 0 Å². The Morgan fingerprint density at radius 2 is 1.87 bits per heavy atom. The standard InChI is InChI=1S/C14H29N/c1-5-6-11(4)13-9-12(10(2)3)7-8-14(13)15/h10-14H,5-9,15H2,1-4H3. The highest BCUT2D eigenvalue weighted by Gasteiger charge is 2.32. The van der Waals surface area contributed by atoms with Gasteiger partial charge >= 0.3 is 0 Å². The van der Waals surface area contributed by atoms with Crippen LogP contribution in [0, 0.1) is 23.7 Å². The molecule has 0 aromatic rings. The molecule has 1 nitrogen and oxygen atoms in total. The van der Waals surface area contributed by atoms with E-state index in [4.69, 9.17) is 5.73 Å². The molecule has 90 valence electrons. The Morgan fingerprint density at radius 1 is 1.20 bits per heavy atom. The Kier molecular flexibility index (Phi) is 5.11. The third-order valence-corrected chi connectivity index (χ3v) is 4.41. The zero-order valence-electron chi connectivity index (χ0n) is 11.0. The molecule has 4 unspecified atom stereocenters. The lowest BCUT2D eigenvalue weighted by molar-refractivity contribution is 0.141. The fourth-order valence-electron chi connectivity index (χ4n) is 3.19. The minimum Gasteiger partial charge on any atom is -0.327 e. The number of hydrogen-bond acceptors (Lipinski definition) is 1. The predicted octanol–water partition coefficient (Wildman–Crippen LogP) is 3.82. The van der Waals surface area contributed by atoms with E-state index in [0.717, 1.165) is 23.7 Å². The first-order valence-corrected chi connectivity index (χ1v) is 6.81. The summed E-state index contributed by atoms with van der Waals surface area (Å²) < 4.78 is 0. The van der Waals surface area contributed by atoms with Crippen LogP contribution in [0.2, 0.25) is 0 Å². The minimum absolute atomic E-state index is 0.474. The molecule has 1 aliphatic rings. The Hall–Kier alpha value is -0.0400. The summed E-state index contributed by atoms with van der Waals surface area (Å²) in [4.78, 5) is 0. The van der Waals surface area contributed by atoms with Crippen molar-refractivity contribution in [2.24, 2.45) is 29.4 Å². The quantitative estimate of drug-likeness (QED) is 0.751. The van der Waals surface area contributed by atoms with Crippen LogP contribution in [0.15, 0.2) is 0 Å². The maximum atomic E-state index is 6.27. The highest BCUT2D eigenvalue weighted by atomic mass is 14.7. The van der Waals surface area contributed by atoms with E-state index in [2.05, 4.69) is 27.7 Å². The normalized spacial score (nSPS) is 34.4. The summed E-state index contributed by atoms with van der Waals surface area (Å²) in [5.74, 6) is 3.38. The van der Waals surface area contributed by atoms with Gasteiger partial charge in [-0.05, 0) is 42.9 Å². The van der Waals surface area contributed by atoms with Crippen molar-refractivity contribution in [2.45, 2.75) is 65.8 Å². The first-order valence-electron chi connectivity index (χ1n) is 6.81. The molecule has 2 N–H and O–H groups in total. The van der Waals surface area contributed by atoms with Gasteiger partial charge in [-0.2, -0.15) is 0 Å². The molecule has 1 fully saturated rings. The topological polar surface area (TPSA) is 26.0 Å². The van der Waals surface area contributed by atoms with E-state index in [9.17, 15) is 0 Å². The Labute approximate surface area is 95.8 Å². The zero-order chi connectivity index (χ0) is 11.4. The van der Waals surface area contributed by atoms with Crippen molar-refractivity contribution in [3.63, 3.8) is 0 Å².